The first-order chi connectivity index (χ1) is 8.41. The van der Waals surface area contributed by atoms with Crippen molar-refractivity contribution in [3.05, 3.63) is 53.1 Å². The van der Waals surface area contributed by atoms with Gasteiger partial charge in [0.15, 0.2) is 11.5 Å². The highest BCUT2D eigenvalue weighted by atomic mass is 16.3. The molecule has 0 aromatic heterocycles. The molecule has 0 fully saturated rings. The van der Waals surface area contributed by atoms with E-state index in [0.29, 0.717) is 11.3 Å². The quantitative estimate of drug-likeness (QED) is 0.624. The summed E-state index contributed by atoms with van der Waals surface area (Å²) in [7, 11) is 0. The highest BCUT2D eigenvalue weighted by molar-refractivity contribution is 5.43. The first kappa shape index (κ1) is 13.9. The molecule has 2 aromatic carbocycles. The topological polar surface area (TPSA) is 60.7 Å². The van der Waals surface area contributed by atoms with Gasteiger partial charge in [0.25, 0.3) is 0 Å². The number of phenolic OH excluding ortho intramolecular Hbond substituents is 3. The van der Waals surface area contributed by atoms with Crippen LogP contribution in [0.3, 0.4) is 0 Å². The van der Waals surface area contributed by atoms with Crippen LogP contribution in [0, 0.1) is 20.8 Å². The molecule has 0 saturated heterocycles. The van der Waals surface area contributed by atoms with Crippen molar-refractivity contribution >= 4 is 0 Å². The molecule has 0 aliphatic carbocycles. The number of benzene rings is 2. The van der Waals surface area contributed by atoms with E-state index in [1.165, 1.54) is 6.07 Å². The summed E-state index contributed by atoms with van der Waals surface area (Å²) < 4.78 is 0. The fourth-order valence-corrected chi connectivity index (χ4v) is 1.36. The molecule has 3 heteroatoms. The lowest BCUT2D eigenvalue weighted by molar-refractivity contribution is 0.401. The maximum atomic E-state index is 9.10. The summed E-state index contributed by atoms with van der Waals surface area (Å²) >= 11 is 0. The second-order valence-electron chi connectivity index (χ2n) is 4.23. The molecule has 0 atom stereocenters. The van der Waals surface area contributed by atoms with Gasteiger partial charge in [0.1, 0.15) is 5.75 Å². The highest BCUT2D eigenvalue weighted by Gasteiger charge is 1.98. The largest absolute Gasteiger partial charge is 0.508 e. The number of aryl methyl sites for hydroxylation is 3. The summed E-state index contributed by atoms with van der Waals surface area (Å²) in [4.78, 5) is 0. The zero-order valence-electron chi connectivity index (χ0n) is 10.8. The van der Waals surface area contributed by atoms with Gasteiger partial charge in [-0.2, -0.15) is 0 Å². The molecule has 2 aromatic rings. The molecule has 0 unspecified atom stereocenters. The van der Waals surface area contributed by atoms with E-state index in [0.717, 1.165) is 11.1 Å². The molecule has 18 heavy (non-hydrogen) atoms. The average molecular weight is 246 g/mol. The third-order valence-corrected chi connectivity index (χ3v) is 2.58. The minimum Gasteiger partial charge on any atom is -0.508 e. The van der Waals surface area contributed by atoms with Crippen LogP contribution in [0.5, 0.6) is 17.2 Å². The van der Waals surface area contributed by atoms with E-state index in [2.05, 4.69) is 0 Å². The predicted octanol–water partition coefficient (Wildman–Crippen LogP) is 3.42. The average Bonchev–Trinajstić information content (AvgIpc) is 2.32. The van der Waals surface area contributed by atoms with E-state index in [1.54, 1.807) is 25.1 Å². The number of hydrogen-bond acceptors (Lipinski definition) is 3. The monoisotopic (exact) mass is 246 g/mol. The second kappa shape index (κ2) is 5.96. The lowest BCUT2D eigenvalue weighted by Crippen LogP contribution is -1.74. The van der Waals surface area contributed by atoms with Gasteiger partial charge in [-0.15, -0.1) is 0 Å². The van der Waals surface area contributed by atoms with Crippen LogP contribution in [0.2, 0.25) is 0 Å². The Hall–Kier alpha value is -2.16. The molecule has 96 valence electrons. The fourth-order valence-electron chi connectivity index (χ4n) is 1.36. The Morgan fingerprint density at radius 1 is 0.722 bits per heavy atom. The van der Waals surface area contributed by atoms with Crippen LogP contribution in [0.4, 0.5) is 0 Å². The van der Waals surface area contributed by atoms with Crippen LogP contribution in [-0.4, -0.2) is 15.3 Å². The number of para-hydroxylation sites is 1. The molecule has 0 radical (unpaired) electrons. The van der Waals surface area contributed by atoms with Gasteiger partial charge >= 0.3 is 0 Å². The summed E-state index contributed by atoms with van der Waals surface area (Å²) in [5, 5.41) is 26.9. The summed E-state index contributed by atoms with van der Waals surface area (Å²) in [6, 6.07) is 10.5. The van der Waals surface area contributed by atoms with E-state index < -0.39 is 0 Å². The molecular weight excluding hydrogens is 228 g/mol. The molecule has 0 amide bonds. The lowest BCUT2D eigenvalue weighted by atomic mass is 10.1. The van der Waals surface area contributed by atoms with Crippen LogP contribution in [0.15, 0.2) is 36.4 Å². The van der Waals surface area contributed by atoms with Gasteiger partial charge in [-0.3, -0.25) is 0 Å². The first-order valence-corrected chi connectivity index (χ1v) is 5.65. The number of aromatic hydroxyl groups is 3. The first-order valence-electron chi connectivity index (χ1n) is 5.65. The molecule has 2 rings (SSSR count). The highest BCUT2D eigenvalue weighted by Crippen LogP contribution is 2.26. The van der Waals surface area contributed by atoms with Crippen molar-refractivity contribution in [1.29, 1.82) is 0 Å². The van der Waals surface area contributed by atoms with Crippen molar-refractivity contribution in [3.8, 4) is 17.2 Å². The fraction of sp³-hybridized carbons (Fsp3) is 0.200. The lowest BCUT2D eigenvalue weighted by Gasteiger charge is -1.97. The van der Waals surface area contributed by atoms with E-state index >= 15 is 0 Å². The SMILES string of the molecule is Cc1ccc(C)c(O)c1.Cc1cccc(O)c1O. The molecule has 0 aliphatic rings. The van der Waals surface area contributed by atoms with Crippen LogP contribution >= 0.6 is 0 Å². The number of rotatable bonds is 0. The molecule has 3 nitrogen and oxygen atoms in total. The summed E-state index contributed by atoms with van der Waals surface area (Å²) in [5.41, 5.74) is 2.72. The number of hydrogen-bond donors (Lipinski definition) is 3. The Morgan fingerprint density at radius 2 is 1.39 bits per heavy atom. The van der Waals surface area contributed by atoms with Crippen LogP contribution < -0.4 is 0 Å². The van der Waals surface area contributed by atoms with Crippen LogP contribution in [0.25, 0.3) is 0 Å². The standard InChI is InChI=1S/C8H10O.C7H8O2/c1-6-3-4-7(2)8(9)5-6;1-5-3-2-4-6(8)7(5)9/h3-5,9H,1-2H3;2-4,8-9H,1H3. The van der Waals surface area contributed by atoms with Gasteiger partial charge in [-0.1, -0.05) is 24.3 Å². The van der Waals surface area contributed by atoms with Crippen molar-refractivity contribution < 1.29 is 15.3 Å². The van der Waals surface area contributed by atoms with Gasteiger partial charge < -0.3 is 15.3 Å². The number of phenols is 3. The third-order valence-electron chi connectivity index (χ3n) is 2.58. The maximum Gasteiger partial charge on any atom is 0.160 e. The second-order valence-corrected chi connectivity index (χ2v) is 4.23. The molecule has 0 spiro atoms. The molecule has 0 heterocycles. The minimum atomic E-state index is -0.0602. The van der Waals surface area contributed by atoms with Crippen molar-refractivity contribution in [3.63, 3.8) is 0 Å². The molecule has 0 bridgehead atoms. The van der Waals surface area contributed by atoms with Crippen molar-refractivity contribution in [2.75, 3.05) is 0 Å². The summed E-state index contributed by atoms with van der Waals surface area (Å²) in [5.74, 6) is 0.294. The summed E-state index contributed by atoms with van der Waals surface area (Å²) in [6.45, 7) is 5.57. The van der Waals surface area contributed by atoms with Crippen LogP contribution in [0.1, 0.15) is 16.7 Å². The molecular formula is C15H18O3. The Bertz CT molecular complexity index is 513. The van der Waals surface area contributed by atoms with E-state index in [-0.39, 0.29) is 11.5 Å². The Morgan fingerprint density at radius 3 is 1.83 bits per heavy atom. The van der Waals surface area contributed by atoms with E-state index in [1.807, 2.05) is 26.0 Å². The van der Waals surface area contributed by atoms with Gasteiger partial charge in [0, 0.05) is 0 Å². The Balaban J connectivity index is 0.000000180. The molecule has 0 saturated carbocycles. The maximum absolute atomic E-state index is 9.10. The Kier molecular flexibility index (Phi) is 4.60. The van der Waals surface area contributed by atoms with Crippen molar-refractivity contribution in [2.24, 2.45) is 0 Å². The minimum absolute atomic E-state index is 0.0301. The summed E-state index contributed by atoms with van der Waals surface area (Å²) in [6.07, 6.45) is 0. The Labute approximate surface area is 107 Å². The van der Waals surface area contributed by atoms with E-state index in [4.69, 9.17) is 15.3 Å². The van der Waals surface area contributed by atoms with Gasteiger partial charge in [-0.05, 0) is 49.6 Å². The van der Waals surface area contributed by atoms with Gasteiger partial charge in [0.05, 0.1) is 0 Å². The molecule has 0 aliphatic heterocycles. The van der Waals surface area contributed by atoms with Gasteiger partial charge in [-0.25, -0.2) is 0 Å². The van der Waals surface area contributed by atoms with E-state index in [9.17, 15) is 0 Å². The normalized spacial score (nSPS) is 9.50. The van der Waals surface area contributed by atoms with Crippen molar-refractivity contribution in [1.82, 2.24) is 0 Å². The zero-order valence-corrected chi connectivity index (χ0v) is 10.8. The predicted molar refractivity (Wildman–Crippen MR) is 72.1 cm³/mol. The van der Waals surface area contributed by atoms with Gasteiger partial charge in [0.2, 0.25) is 0 Å². The molecule has 3 N–H and O–H groups in total. The smallest absolute Gasteiger partial charge is 0.160 e. The van der Waals surface area contributed by atoms with Crippen molar-refractivity contribution in [2.45, 2.75) is 20.8 Å². The van der Waals surface area contributed by atoms with Crippen LogP contribution in [-0.2, 0) is 0 Å². The third kappa shape index (κ3) is 3.70. The zero-order chi connectivity index (χ0) is 13.7.